The van der Waals surface area contributed by atoms with Crippen LogP contribution in [-0.2, 0) is 14.2 Å². The van der Waals surface area contributed by atoms with Crippen LogP contribution in [0.3, 0.4) is 0 Å². The van der Waals surface area contributed by atoms with Crippen LogP contribution >= 0.6 is 0 Å². The van der Waals surface area contributed by atoms with E-state index < -0.39 is 17.8 Å². The van der Waals surface area contributed by atoms with E-state index in [-0.39, 0.29) is 32.3 Å². The average molecular weight is 364 g/mol. The fourth-order valence-corrected chi connectivity index (χ4v) is 2.64. The molecule has 2 fully saturated rings. The summed E-state index contributed by atoms with van der Waals surface area (Å²) in [5.74, 6) is 0. The van der Waals surface area contributed by atoms with Crippen LogP contribution in [0, 0.1) is 0 Å². The van der Waals surface area contributed by atoms with Crippen molar-refractivity contribution >= 4 is 6.09 Å². The summed E-state index contributed by atoms with van der Waals surface area (Å²) in [6.45, 7) is 7.66. The van der Waals surface area contributed by atoms with Gasteiger partial charge >= 0.3 is 6.09 Å². The maximum absolute atomic E-state index is 11.6. The van der Waals surface area contributed by atoms with Gasteiger partial charge in [-0.3, -0.25) is 0 Å². The number of aliphatic hydroxyl groups excluding tert-OH is 2. The van der Waals surface area contributed by atoms with Gasteiger partial charge in [-0.15, -0.1) is 0 Å². The zero-order chi connectivity index (χ0) is 18.5. The number of hydrogen-bond donors (Lipinski definition) is 2. The highest BCUT2D eigenvalue weighted by molar-refractivity contribution is 5.68. The minimum absolute atomic E-state index is 0. The van der Waals surface area contributed by atoms with Gasteiger partial charge in [-0.2, -0.15) is 0 Å². The molecule has 2 aliphatic rings. The molecule has 4 atom stereocenters. The normalized spacial score (nSPS) is 29.7. The zero-order valence-corrected chi connectivity index (χ0v) is 15.6. The van der Waals surface area contributed by atoms with Crippen LogP contribution in [-0.4, -0.2) is 104 Å². The summed E-state index contributed by atoms with van der Waals surface area (Å²) >= 11 is 0. The van der Waals surface area contributed by atoms with Crippen molar-refractivity contribution in [1.82, 2.24) is 9.80 Å². The fraction of sp³-hybridized carbons (Fsp3) is 0.941. The van der Waals surface area contributed by atoms with Crippen LogP contribution in [0.2, 0.25) is 0 Å². The molecule has 2 heterocycles. The Balaban J connectivity index is 0.000000495. The third kappa shape index (κ3) is 7.87. The second kappa shape index (κ2) is 10.3. The van der Waals surface area contributed by atoms with E-state index in [0.29, 0.717) is 6.54 Å². The van der Waals surface area contributed by atoms with Crippen LogP contribution in [0.1, 0.15) is 28.2 Å². The second-order valence-corrected chi connectivity index (χ2v) is 7.29. The Bertz CT molecular complexity index is 401. The molecule has 0 bridgehead atoms. The first-order valence-electron chi connectivity index (χ1n) is 8.15. The zero-order valence-electron chi connectivity index (χ0n) is 15.6. The highest BCUT2D eigenvalue weighted by Gasteiger charge is 2.36. The molecule has 150 valence electrons. The van der Waals surface area contributed by atoms with Crippen LogP contribution < -0.4 is 0 Å². The van der Waals surface area contributed by atoms with Crippen molar-refractivity contribution in [3.05, 3.63) is 0 Å². The number of nitrogens with zero attached hydrogens (tertiary/aromatic N) is 2. The van der Waals surface area contributed by atoms with Gasteiger partial charge in [-0.05, 0) is 27.8 Å². The van der Waals surface area contributed by atoms with Crippen molar-refractivity contribution < 1.29 is 29.2 Å². The number of amides is 1. The second-order valence-electron chi connectivity index (χ2n) is 7.29. The monoisotopic (exact) mass is 364 g/mol. The average Bonchev–Trinajstić information content (AvgIpc) is 2.99. The molecule has 2 N–H and O–H groups in total. The smallest absolute Gasteiger partial charge is 0.410 e. The number of methoxy groups -OCH3 is 2. The van der Waals surface area contributed by atoms with Crippen LogP contribution in [0.25, 0.3) is 0 Å². The van der Waals surface area contributed by atoms with Gasteiger partial charge in [-0.25, -0.2) is 4.79 Å². The lowest BCUT2D eigenvalue weighted by Crippen LogP contribution is -2.36. The van der Waals surface area contributed by atoms with Gasteiger partial charge in [0.15, 0.2) is 0 Å². The molecule has 2 aliphatic heterocycles. The molecule has 0 radical (unpaired) electrons. The summed E-state index contributed by atoms with van der Waals surface area (Å²) in [6.07, 6.45) is -1.60. The van der Waals surface area contributed by atoms with Crippen molar-refractivity contribution in [2.75, 3.05) is 47.4 Å². The van der Waals surface area contributed by atoms with Gasteiger partial charge in [0, 0.05) is 27.3 Å². The first kappa shape index (κ1) is 24.1. The Hall–Kier alpha value is -0.930. The quantitative estimate of drug-likeness (QED) is 0.739. The number of β-amino-alcohol motifs (C(OH)–C–C–N with tert-alkyl or cyclic N) is 2. The highest BCUT2D eigenvalue weighted by Crippen LogP contribution is 2.17. The van der Waals surface area contributed by atoms with Gasteiger partial charge in [0.25, 0.3) is 0 Å². The van der Waals surface area contributed by atoms with Crippen molar-refractivity contribution in [2.45, 2.75) is 58.2 Å². The van der Waals surface area contributed by atoms with Crippen molar-refractivity contribution in [2.24, 2.45) is 0 Å². The predicted octanol–water partition coefficient (Wildman–Crippen LogP) is 0.557. The molecule has 1 amide bonds. The molecule has 0 aromatic rings. The summed E-state index contributed by atoms with van der Waals surface area (Å²) in [7, 11) is 5.13. The van der Waals surface area contributed by atoms with E-state index in [2.05, 4.69) is 4.90 Å². The largest absolute Gasteiger partial charge is 0.444 e. The number of aliphatic hydroxyl groups is 2. The molecule has 2 rings (SSSR count). The third-order valence-corrected chi connectivity index (χ3v) is 3.91. The number of rotatable bonds is 2. The summed E-state index contributed by atoms with van der Waals surface area (Å²) < 4.78 is 15.2. The van der Waals surface area contributed by atoms with Gasteiger partial charge < -0.3 is 34.2 Å². The molecule has 0 spiro atoms. The van der Waals surface area contributed by atoms with E-state index in [1.54, 1.807) is 7.11 Å². The highest BCUT2D eigenvalue weighted by atomic mass is 16.6. The van der Waals surface area contributed by atoms with E-state index in [4.69, 9.17) is 14.2 Å². The molecular formula is C17H36N2O6. The Morgan fingerprint density at radius 2 is 1.44 bits per heavy atom. The minimum atomic E-state index is -0.623. The minimum Gasteiger partial charge on any atom is -0.444 e. The number of hydrogen-bond acceptors (Lipinski definition) is 7. The molecule has 0 aromatic carbocycles. The Labute approximate surface area is 151 Å². The topological polar surface area (TPSA) is 91.7 Å². The fourth-order valence-electron chi connectivity index (χ4n) is 2.64. The van der Waals surface area contributed by atoms with E-state index in [0.717, 1.165) is 13.1 Å². The maximum Gasteiger partial charge on any atom is 0.410 e. The van der Waals surface area contributed by atoms with Crippen LogP contribution in [0.4, 0.5) is 4.79 Å². The number of carbonyl (C=O) groups excluding carboxylic acids is 1. The summed E-state index contributed by atoms with van der Waals surface area (Å²) in [5.41, 5.74) is -0.507. The van der Waals surface area contributed by atoms with Crippen molar-refractivity contribution in [3.8, 4) is 0 Å². The number of likely N-dealkylation sites (N-methyl/N-ethyl adjacent to an activating group) is 1. The first-order valence-corrected chi connectivity index (χ1v) is 8.15. The lowest BCUT2D eigenvalue weighted by molar-refractivity contribution is 0.0199. The van der Waals surface area contributed by atoms with Crippen LogP contribution in [0.15, 0.2) is 0 Å². The molecule has 0 aromatic heterocycles. The number of ether oxygens (including phenoxy) is 3. The van der Waals surface area contributed by atoms with Crippen molar-refractivity contribution in [1.29, 1.82) is 0 Å². The predicted molar refractivity (Wildman–Crippen MR) is 95.6 cm³/mol. The molecule has 0 saturated carbocycles. The Morgan fingerprint density at radius 3 is 1.76 bits per heavy atom. The summed E-state index contributed by atoms with van der Waals surface area (Å²) in [5, 5.41) is 18.7. The molecule has 8 heteroatoms. The van der Waals surface area contributed by atoms with E-state index in [1.165, 1.54) is 12.0 Å². The molecular weight excluding hydrogens is 328 g/mol. The van der Waals surface area contributed by atoms with E-state index >= 15 is 0 Å². The molecule has 2 saturated heterocycles. The van der Waals surface area contributed by atoms with Gasteiger partial charge in [0.05, 0.1) is 31.4 Å². The molecule has 8 nitrogen and oxygen atoms in total. The first-order chi connectivity index (χ1) is 11.1. The van der Waals surface area contributed by atoms with Crippen molar-refractivity contribution in [3.63, 3.8) is 0 Å². The van der Waals surface area contributed by atoms with E-state index in [1.807, 2.05) is 27.8 Å². The molecule has 0 aliphatic carbocycles. The van der Waals surface area contributed by atoms with Gasteiger partial charge in [-0.1, -0.05) is 7.43 Å². The molecule has 25 heavy (non-hydrogen) atoms. The maximum atomic E-state index is 11.6. The lowest BCUT2D eigenvalue weighted by atomic mass is 10.2. The number of likely N-dealkylation sites (tertiary alicyclic amines) is 2. The van der Waals surface area contributed by atoms with E-state index in [9.17, 15) is 15.0 Å². The lowest BCUT2D eigenvalue weighted by Gasteiger charge is -2.24. The molecule has 0 unspecified atom stereocenters. The summed E-state index contributed by atoms with van der Waals surface area (Å²) in [4.78, 5) is 15.1. The standard InChI is InChI=1S/C10H19NO4.C6H13NO2.CH4/c1-10(2,3)15-9(13)11-5-7(12)8(6-11)14-4;1-7-3-5(8)6(4-7)9-2;/h7-8,12H,5-6H2,1-4H3;5-6,8H,3-4H2,1-2H3;1H4/t7-,8+;5-,6+;/m11./s1. The summed E-state index contributed by atoms with van der Waals surface area (Å²) in [6, 6.07) is 0. The Morgan fingerprint density at radius 1 is 0.960 bits per heavy atom. The third-order valence-electron chi connectivity index (χ3n) is 3.91. The van der Waals surface area contributed by atoms with Gasteiger partial charge in [0.1, 0.15) is 11.7 Å². The Kier molecular flexibility index (Phi) is 9.89. The number of carbonyl (C=O) groups is 1. The SMILES string of the molecule is C.CO[C@H]1CN(C(=O)OC(C)(C)C)C[C@H]1O.CO[C@H]1CN(C)C[C@H]1O. The van der Waals surface area contributed by atoms with Crippen LogP contribution in [0.5, 0.6) is 0 Å². The van der Waals surface area contributed by atoms with Gasteiger partial charge in [0.2, 0.25) is 0 Å².